The number of aliphatic carboxylic acids is 1. The average Bonchev–Trinajstić information content (AvgIpc) is 3.17. The maximum atomic E-state index is 12.4. The second-order valence-electron chi connectivity index (χ2n) is 4.72. The molecule has 8 heteroatoms. The van der Waals surface area contributed by atoms with Crippen LogP contribution in [0.3, 0.4) is 0 Å². The van der Waals surface area contributed by atoms with E-state index in [-0.39, 0.29) is 18.7 Å². The van der Waals surface area contributed by atoms with Crippen LogP contribution >= 0.6 is 22.7 Å². The summed E-state index contributed by atoms with van der Waals surface area (Å²) in [6.45, 7) is 0.0294. The lowest BCUT2D eigenvalue weighted by molar-refractivity contribution is -0.141. The number of aliphatic hydroxyl groups is 1. The number of β-amino-alcohol motifs (C(OH)–C–C–N with tert-alkyl or cyclic N) is 1. The van der Waals surface area contributed by atoms with Crippen LogP contribution in [-0.2, 0) is 4.79 Å². The predicted octanol–water partition coefficient (Wildman–Crippen LogP) is 1.53. The van der Waals surface area contributed by atoms with Gasteiger partial charge in [-0.25, -0.2) is 9.78 Å². The van der Waals surface area contributed by atoms with E-state index in [2.05, 4.69) is 4.98 Å². The van der Waals surface area contributed by atoms with Gasteiger partial charge in [-0.1, -0.05) is 6.07 Å². The molecule has 2 atom stereocenters. The number of thiazole rings is 1. The van der Waals surface area contributed by atoms with Crippen molar-refractivity contribution in [2.24, 2.45) is 0 Å². The molecule has 2 unspecified atom stereocenters. The molecule has 1 aliphatic heterocycles. The number of hydrogen-bond donors (Lipinski definition) is 2. The Morgan fingerprint density at radius 2 is 2.19 bits per heavy atom. The van der Waals surface area contributed by atoms with E-state index < -0.39 is 24.0 Å². The molecule has 1 fully saturated rings. The van der Waals surface area contributed by atoms with Gasteiger partial charge >= 0.3 is 5.97 Å². The van der Waals surface area contributed by atoms with Crippen molar-refractivity contribution in [1.29, 1.82) is 0 Å². The summed E-state index contributed by atoms with van der Waals surface area (Å²) in [5, 5.41) is 23.0. The molecule has 1 saturated heterocycles. The Bertz CT molecular complexity index is 668. The van der Waals surface area contributed by atoms with Gasteiger partial charge in [0.25, 0.3) is 5.91 Å². The molecule has 2 aromatic heterocycles. The monoisotopic (exact) mass is 324 g/mol. The first kappa shape index (κ1) is 14.2. The number of carboxylic acid groups (broad SMARTS) is 1. The van der Waals surface area contributed by atoms with E-state index in [9.17, 15) is 14.7 Å². The van der Waals surface area contributed by atoms with Crippen LogP contribution in [0.25, 0.3) is 9.88 Å². The maximum absolute atomic E-state index is 12.4. The number of aliphatic hydroxyl groups excluding tert-OH is 1. The molecule has 21 heavy (non-hydrogen) atoms. The van der Waals surface area contributed by atoms with Gasteiger partial charge in [-0.05, 0) is 11.4 Å². The normalized spacial score (nSPS) is 21.7. The van der Waals surface area contributed by atoms with Crippen LogP contribution in [0.1, 0.15) is 16.9 Å². The van der Waals surface area contributed by atoms with Gasteiger partial charge in [-0.15, -0.1) is 22.7 Å². The number of carbonyl (C=O) groups is 2. The van der Waals surface area contributed by atoms with Gasteiger partial charge in [0.1, 0.15) is 16.7 Å². The fourth-order valence-corrected chi connectivity index (χ4v) is 3.91. The first-order valence-corrected chi connectivity index (χ1v) is 8.03. The van der Waals surface area contributed by atoms with Gasteiger partial charge in [-0.3, -0.25) is 4.79 Å². The molecule has 0 saturated carbocycles. The minimum atomic E-state index is -1.10. The van der Waals surface area contributed by atoms with Crippen LogP contribution in [-0.4, -0.2) is 50.7 Å². The number of carboxylic acids is 1. The molecule has 0 spiro atoms. The zero-order valence-electron chi connectivity index (χ0n) is 10.8. The molecule has 0 bridgehead atoms. The molecule has 3 rings (SSSR count). The van der Waals surface area contributed by atoms with Crippen LogP contribution < -0.4 is 0 Å². The Labute approximate surface area is 128 Å². The SMILES string of the molecule is O=C(O)C1CC(O)CN1C(=O)c1csc(-c2cccs2)n1. The number of thiophene rings is 1. The largest absolute Gasteiger partial charge is 0.480 e. The van der Waals surface area contributed by atoms with Crippen LogP contribution in [0.4, 0.5) is 0 Å². The van der Waals surface area contributed by atoms with E-state index in [1.807, 2.05) is 17.5 Å². The molecule has 0 aliphatic carbocycles. The Kier molecular flexibility index (Phi) is 3.75. The zero-order chi connectivity index (χ0) is 15.0. The predicted molar refractivity (Wildman–Crippen MR) is 78.5 cm³/mol. The van der Waals surface area contributed by atoms with Crippen molar-refractivity contribution in [2.75, 3.05) is 6.54 Å². The highest BCUT2D eigenvalue weighted by atomic mass is 32.1. The topological polar surface area (TPSA) is 90.7 Å². The minimum absolute atomic E-state index is 0.0294. The lowest BCUT2D eigenvalue weighted by Crippen LogP contribution is -2.40. The van der Waals surface area contributed by atoms with Crippen molar-refractivity contribution < 1.29 is 19.8 Å². The maximum Gasteiger partial charge on any atom is 0.326 e. The highest BCUT2D eigenvalue weighted by molar-refractivity contribution is 7.20. The summed E-state index contributed by atoms with van der Waals surface area (Å²) in [5.41, 5.74) is 0.226. The van der Waals surface area contributed by atoms with Gasteiger partial charge in [0.2, 0.25) is 0 Å². The van der Waals surface area contributed by atoms with E-state index >= 15 is 0 Å². The molecule has 110 valence electrons. The van der Waals surface area contributed by atoms with E-state index in [4.69, 9.17) is 5.11 Å². The summed E-state index contributed by atoms with van der Waals surface area (Å²) in [7, 11) is 0. The van der Waals surface area contributed by atoms with E-state index in [0.29, 0.717) is 0 Å². The zero-order valence-corrected chi connectivity index (χ0v) is 12.4. The fourth-order valence-electron chi connectivity index (χ4n) is 2.30. The molecule has 2 aromatic rings. The van der Waals surface area contributed by atoms with Crippen molar-refractivity contribution in [3.05, 3.63) is 28.6 Å². The number of aromatic nitrogens is 1. The molecule has 2 N–H and O–H groups in total. The average molecular weight is 324 g/mol. The fraction of sp³-hybridized carbons (Fsp3) is 0.308. The Morgan fingerprint density at radius 1 is 1.38 bits per heavy atom. The van der Waals surface area contributed by atoms with Gasteiger partial charge in [-0.2, -0.15) is 0 Å². The number of hydrogen-bond acceptors (Lipinski definition) is 6. The van der Waals surface area contributed by atoms with Crippen LogP contribution in [0.2, 0.25) is 0 Å². The minimum Gasteiger partial charge on any atom is -0.480 e. The number of rotatable bonds is 3. The first-order valence-electron chi connectivity index (χ1n) is 6.27. The van der Waals surface area contributed by atoms with Crippen LogP contribution in [0.15, 0.2) is 22.9 Å². The summed E-state index contributed by atoms with van der Waals surface area (Å²) in [5.74, 6) is -1.55. The van der Waals surface area contributed by atoms with Gasteiger partial charge in [0.05, 0.1) is 11.0 Å². The molecule has 6 nitrogen and oxygen atoms in total. The summed E-state index contributed by atoms with van der Waals surface area (Å²) in [4.78, 5) is 30.0. The third kappa shape index (κ3) is 2.69. The third-order valence-corrected chi connectivity index (χ3v) is 5.16. The molecule has 3 heterocycles. The Morgan fingerprint density at radius 3 is 2.86 bits per heavy atom. The van der Waals surface area contributed by atoms with Crippen molar-refractivity contribution in [1.82, 2.24) is 9.88 Å². The van der Waals surface area contributed by atoms with E-state index in [1.54, 1.807) is 5.38 Å². The molecule has 1 amide bonds. The Hall–Kier alpha value is -1.77. The lowest BCUT2D eigenvalue weighted by Gasteiger charge is -2.19. The Balaban J connectivity index is 1.83. The van der Waals surface area contributed by atoms with Gasteiger partial charge in [0.15, 0.2) is 0 Å². The van der Waals surface area contributed by atoms with Crippen molar-refractivity contribution in [3.8, 4) is 9.88 Å². The molecule has 0 radical (unpaired) electrons. The first-order chi connectivity index (χ1) is 10.1. The number of nitrogens with zero attached hydrogens (tertiary/aromatic N) is 2. The second kappa shape index (κ2) is 5.55. The highest BCUT2D eigenvalue weighted by Crippen LogP contribution is 2.29. The summed E-state index contributed by atoms with van der Waals surface area (Å²) >= 11 is 2.87. The highest BCUT2D eigenvalue weighted by Gasteiger charge is 2.39. The third-order valence-electron chi connectivity index (χ3n) is 3.28. The van der Waals surface area contributed by atoms with Gasteiger partial charge < -0.3 is 15.1 Å². The smallest absolute Gasteiger partial charge is 0.326 e. The second-order valence-corrected chi connectivity index (χ2v) is 6.52. The number of carbonyl (C=O) groups excluding carboxylic acids is 1. The quantitative estimate of drug-likeness (QED) is 0.893. The van der Waals surface area contributed by atoms with Crippen molar-refractivity contribution in [3.63, 3.8) is 0 Å². The molecule has 0 aromatic carbocycles. The standard InChI is InChI=1S/C13H12N2O4S2/c16-7-4-9(13(18)19)15(5-7)12(17)8-6-21-11(14-8)10-2-1-3-20-10/h1-3,6-7,9,16H,4-5H2,(H,18,19). The number of likely N-dealkylation sites (tertiary alicyclic amines) is 1. The van der Waals surface area contributed by atoms with Crippen LogP contribution in [0.5, 0.6) is 0 Å². The summed E-state index contributed by atoms with van der Waals surface area (Å²) in [6, 6.07) is 2.83. The molecule has 1 aliphatic rings. The van der Waals surface area contributed by atoms with Gasteiger partial charge in [0, 0.05) is 18.3 Å². The van der Waals surface area contributed by atoms with E-state index in [0.717, 1.165) is 9.88 Å². The summed E-state index contributed by atoms with van der Waals surface area (Å²) in [6.07, 6.45) is -0.742. The van der Waals surface area contributed by atoms with Crippen molar-refractivity contribution in [2.45, 2.75) is 18.6 Å². The number of amides is 1. The van der Waals surface area contributed by atoms with Crippen molar-refractivity contribution >= 4 is 34.6 Å². The molecular weight excluding hydrogens is 312 g/mol. The summed E-state index contributed by atoms with van der Waals surface area (Å²) < 4.78 is 0. The molecular formula is C13H12N2O4S2. The van der Waals surface area contributed by atoms with E-state index in [1.165, 1.54) is 27.6 Å². The van der Waals surface area contributed by atoms with Crippen LogP contribution in [0, 0.1) is 0 Å². The lowest BCUT2D eigenvalue weighted by atomic mass is 10.2.